The zero-order valence-electron chi connectivity index (χ0n) is 12.1. The fraction of sp³-hybridized carbons (Fsp3) is 0.533. The van der Waals surface area contributed by atoms with Gasteiger partial charge in [-0.3, -0.25) is 9.59 Å². The number of rotatable bonds is 5. The molecule has 0 aliphatic carbocycles. The molecule has 0 aromatic carbocycles. The zero-order chi connectivity index (χ0) is 14.8. The van der Waals surface area contributed by atoms with Crippen molar-refractivity contribution >= 4 is 12.1 Å². The van der Waals surface area contributed by atoms with Crippen molar-refractivity contribution in [3.05, 3.63) is 34.2 Å². The van der Waals surface area contributed by atoms with E-state index in [2.05, 4.69) is 0 Å². The topological polar surface area (TPSA) is 56.1 Å². The van der Waals surface area contributed by atoms with Crippen LogP contribution in [0.2, 0.25) is 0 Å². The molecule has 1 aromatic heterocycles. The summed E-state index contributed by atoms with van der Waals surface area (Å²) in [6, 6.07) is 3.00. The Morgan fingerprint density at radius 3 is 2.37 bits per heavy atom. The molecule has 1 heterocycles. The second-order valence-electron chi connectivity index (χ2n) is 5.76. The summed E-state index contributed by atoms with van der Waals surface area (Å²) >= 11 is 0. The first kappa shape index (κ1) is 15.3. The minimum Gasteiger partial charge on any atom is -0.319 e. The summed E-state index contributed by atoms with van der Waals surface area (Å²) in [5.74, 6) is -0.897. The normalized spacial score (nSPS) is 13.4. The lowest BCUT2D eigenvalue weighted by Gasteiger charge is -2.30. The Labute approximate surface area is 113 Å². The minimum atomic E-state index is -0.869. The molecule has 19 heavy (non-hydrogen) atoms. The lowest BCUT2D eigenvalue weighted by Crippen LogP contribution is -2.35. The summed E-state index contributed by atoms with van der Waals surface area (Å²) < 4.78 is 1.41. The SMILES string of the molecule is CC(C)C(C)(C)C(=O)C(C=O)c1ccn(C)c(=O)c1. The molecular formula is C15H21NO3. The Morgan fingerprint density at radius 1 is 1.37 bits per heavy atom. The largest absolute Gasteiger partial charge is 0.319 e. The van der Waals surface area contributed by atoms with Crippen molar-refractivity contribution < 1.29 is 9.59 Å². The third-order valence-corrected chi connectivity index (χ3v) is 3.98. The number of ketones is 1. The summed E-state index contributed by atoms with van der Waals surface area (Å²) in [6.07, 6.45) is 2.20. The molecular weight excluding hydrogens is 242 g/mol. The maximum absolute atomic E-state index is 12.5. The Bertz CT molecular complexity index is 541. The van der Waals surface area contributed by atoms with E-state index in [4.69, 9.17) is 0 Å². The van der Waals surface area contributed by atoms with Gasteiger partial charge in [0.15, 0.2) is 5.78 Å². The second kappa shape index (κ2) is 5.51. The van der Waals surface area contributed by atoms with Gasteiger partial charge in [-0.1, -0.05) is 27.7 Å². The summed E-state index contributed by atoms with van der Waals surface area (Å²) in [7, 11) is 1.63. The molecule has 0 saturated heterocycles. The van der Waals surface area contributed by atoms with Crippen LogP contribution < -0.4 is 5.56 Å². The molecule has 0 radical (unpaired) electrons. The van der Waals surface area contributed by atoms with Crippen LogP contribution in [-0.2, 0) is 16.6 Å². The molecule has 0 saturated carbocycles. The molecule has 0 spiro atoms. The van der Waals surface area contributed by atoms with Crippen molar-refractivity contribution in [2.24, 2.45) is 18.4 Å². The molecule has 1 rings (SSSR count). The van der Waals surface area contributed by atoms with Gasteiger partial charge in [0.25, 0.3) is 5.56 Å². The van der Waals surface area contributed by atoms with Crippen LogP contribution in [0.1, 0.15) is 39.2 Å². The van der Waals surface area contributed by atoms with Crippen molar-refractivity contribution in [1.82, 2.24) is 4.57 Å². The van der Waals surface area contributed by atoms with E-state index in [9.17, 15) is 14.4 Å². The van der Waals surface area contributed by atoms with Gasteiger partial charge in [0, 0.05) is 24.7 Å². The van der Waals surface area contributed by atoms with Gasteiger partial charge >= 0.3 is 0 Å². The number of aryl methyl sites for hydroxylation is 1. The third kappa shape index (κ3) is 3.00. The van der Waals surface area contributed by atoms with Crippen LogP contribution in [0.3, 0.4) is 0 Å². The predicted molar refractivity (Wildman–Crippen MR) is 74.1 cm³/mol. The first-order valence-electron chi connectivity index (χ1n) is 6.38. The Balaban J connectivity index is 3.21. The summed E-state index contributed by atoms with van der Waals surface area (Å²) in [5.41, 5.74) is -0.358. The van der Waals surface area contributed by atoms with E-state index in [1.165, 1.54) is 10.6 Å². The highest BCUT2D eigenvalue weighted by molar-refractivity contribution is 6.02. The molecule has 0 aliphatic rings. The van der Waals surface area contributed by atoms with E-state index in [1.54, 1.807) is 19.3 Å². The number of Topliss-reactive ketones (excluding diaryl/α,β-unsaturated/α-hetero) is 1. The summed E-state index contributed by atoms with van der Waals surface area (Å²) in [4.78, 5) is 35.4. The fourth-order valence-electron chi connectivity index (χ4n) is 1.73. The number of carbonyl (C=O) groups excluding carboxylic acids is 2. The van der Waals surface area contributed by atoms with E-state index in [1.807, 2.05) is 27.7 Å². The molecule has 0 bridgehead atoms. The van der Waals surface area contributed by atoms with Crippen molar-refractivity contribution in [1.29, 1.82) is 0 Å². The van der Waals surface area contributed by atoms with Crippen LogP contribution in [-0.4, -0.2) is 16.6 Å². The third-order valence-electron chi connectivity index (χ3n) is 3.98. The highest BCUT2D eigenvalue weighted by atomic mass is 16.1. The van der Waals surface area contributed by atoms with Crippen LogP contribution in [0.5, 0.6) is 0 Å². The lowest BCUT2D eigenvalue weighted by atomic mass is 9.72. The summed E-state index contributed by atoms with van der Waals surface area (Å²) in [6.45, 7) is 7.56. The van der Waals surface area contributed by atoms with Gasteiger partial charge in [-0.2, -0.15) is 0 Å². The van der Waals surface area contributed by atoms with Gasteiger partial charge in [0.1, 0.15) is 6.29 Å². The zero-order valence-corrected chi connectivity index (χ0v) is 12.1. The van der Waals surface area contributed by atoms with Crippen molar-refractivity contribution in [3.8, 4) is 0 Å². The van der Waals surface area contributed by atoms with Gasteiger partial charge < -0.3 is 9.36 Å². The molecule has 0 aliphatic heterocycles. The van der Waals surface area contributed by atoms with Crippen molar-refractivity contribution in [3.63, 3.8) is 0 Å². The van der Waals surface area contributed by atoms with Gasteiger partial charge in [-0.15, -0.1) is 0 Å². The summed E-state index contributed by atoms with van der Waals surface area (Å²) in [5, 5.41) is 0. The first-order valence-corrected chi connectivity index (χ1v) is 6.38. The quantitative estimate of drug-likeness (QED) is 0.602. The molecule has 0 amide bonds. The van der Waals surface area contributed by atoms with Gasteiger partial charge in [0.05, 0.1) is 5.92 Å². The highest BCUT2D eigenvalue weighted by Crippen LogP contribution is 2.32. The van der Waals surface area contributed by atoms with Crippen LogP contribution in [0.25, 0.3) is 0 Å². The number of aromatic nitrogens is 1. The molecule has 4 heteroatoms. The monoisotopic (exact) mass is 263 g/mol. The van der Waals surface area contributed by atoms with Crippen LogP contribution in [0, 0.1) is 11.3 Å². The standard InChI is InChI=1S/C15H21NO3/c1-10(2)15(3,4)14(19)12(9-17)11-6-7-16(5)13(18)8-11/h6-10,12H,1-5H3. The van der Waals surface area contributed by atoms with E-state index in [-0.39, 0.29) is 17.3 Å². The average molecular weight is 263 g/mol. The lowest BCUT2D eigenvalue weighted by molar-refractivity contribution is -0.133. The molecule has 1 atom stereocenters. The fourth-order valence-corrected chi connectivity index (χ4v) is 1.73. The van der Waals surface area contributed by atoms with Crippen LogP contribution >= 0.6 is 0 Å². The van der Waals surface area contributed by atoms with Crippen LogP contribution in [0.4, 0.5) is 0 Å². The van der Waals surface area contributed by atoms with E-state index in [0.29, 0.717) is 11.8 Å². The number of pyridine rings is 1. The van der Waals surface area contributed by atoms with E-state index < -0.39 is 11.3 Å². The number of hydrogen-bond donors (Lipinski definition) is 0. The van der Waals surface area contributed by atoms with Crippen molar-refractivity contribution in [2.75, 3.05) is 0 Å². The molecule has 104 valence electrons. The number of nitrogens with zero attached hydrogens (tertiary/aromatic N) is 1. The highest BCUT2D eigenvalue weighted by Gasteiger charge is 2.36. The Hall–Kier alpha value is -1.71. The molecule has 0 fully saturated rings. The second-order valence-corrected chi connectivity index (χ2v) is 5.76. The van der Waals surface area contributed by atoms with Crippen molar-refractivity contribution in [2.45, 2.75) is 33.6 Å². The number of hydrogen-bond acceptors (Lipinski definition) is 3. The molecule has 0 N–H and O–H groups in total. The maximum atomic E-state index is 12.5. The average Bonchev–Trinajstić information content (AvgIpc) is 2.34. The van der Waals surface area contributed by atoms with Gasteiger partial charge in [-0.25, -0.2) is 0 Å². The van der Waals surface area contributed by atoms with Gasteiger partial charge in [-0.05, 0) is 17.5 Å². The molecule has 1 unspecified atom stereocenters. The first-order chi connectivity index (χ1) is 8.71. The Kier molecular flexibility index (Phi) is 4.45. The minimum absolute atomic E-state index is 0.119. The molecule has 1 aromatic rings. The smallest absolute Gasteiger partial charge is 0.250 e. The van der Waals surface area contributed by atoms with Gasteiger partial charge in [0.2, 0.25) is 0 Å². The Morgan fingerprint density at radius 2 is 1.95 bits per heavy atom. The number of aldehydes is 1. The predicted octanol–water partition coefficient (Wildman–Crippen LogP) is 1.92. The van der Waals surface area contributed by atoms with E-state index in [0.717, 1.165) is 0 Å². The van der Waals surface area contributed by atoms with E-state index >= 15 is 0 Å². The number of carbonyl (C=O) groups is 2. The molecule has 4 nitrogen and oxygen atoms in total. The van der Waals surface area contributed by atoms with Crippen LogP contribution in [0.15, 0.2) is 23.1 Å². The maximum Gasteiger partial charge on any atom is 0.250 e.